The molecule has 0 amide bonds. The number of hydrogen-bond acceptors (Lipinski definition) is 2. The SMILES string of the molecule is Cc1ccnn1CCNc1cccc(Br)c1. The van der Waals surface area contributed by atoms with Crippen LogP contribution >= 0.6 is 15.9 Å². The summed E-state index contributed by atoms with van der Waals surface area (Å²) in [6.45, 7) is 3.82. The first-order chi connectivity index (χ1) is 7.75. The smallest absolute Gasteiger partial charge is 0.0585 e. The fourth-order valence-electron chi connectivity index (χ4n) is 1.54. The van der Waals surface area contributed by atoms with E-state index < -0.39 is 0 Å². The Bertz CT molecular complexity index is 465. The van der Waals surface area contributed by atoms with E-state index in [1.807, 2.05) is 29.1 Å². The number of hydrogen-bond donors (Lipinski definition) is 1. The molecule has 1 heterocycles. The van der Waals surface area contributed by atoms with Crippen LogP contribution in [-0.4, -0.2) is 16.3 Å². The topological polar surface area (TPSA) is 29.9 Å². The summed E-state index contributed by atoms with van der Waals surface area (Å²) < 4.78 is 3.08. The lowest BCUT2D eigenvalue weighted by Crippen LogP contribution is -2.12. The van der Waals surface area contributed by atoms with Crippen LogP contribution in [0.5, 0.6) is 0 Å². The predicted molar refractivity (Wildman–Crippen MR) is 69.6 cm³/mol. The second-order valence-electron chi connectivity index (χ2n) is 3.63. The Labute approximate surface area is 104 Å². The molecule has 0 saturated carbocycles. The second kappa shape index (κ2) is 5.16. The lowest BCUT2D eigenvalue weighted by Gasteiger charge is -2.08. The van der Waals surface area contributed by atoms with Crippen molar-refractivity contribution in [2.75, 3.05) is 11.9 Å². The Morgan fingerprint density at radius 2 is 2.25 bits per heavy atom. The summed E-state index contributed by atoms with van der Waals surface area (Å²) in [5, 5.41) is 7.59. The van der Waals surface area contributed by atoms with Gasteiger partial charge in [-0.05, 0) is 31.2 Å². The van der Waals surface area contributed by atoms with Gasteiger partial charge < -0.3 is 5.32 Å². The molecule has 4 heteroatoms. The average molecular weight is 280 g/mol. The summed E-state index contributed by atoms with van der Waals surface area (Å²) >= 11 is 3.45. The minimum atomic E-state index is 0.874. The quantitative estimate of drug-likeness (QED) is 0.932. The van der Waals surface area contributed by atoms with Crippen LogP contribution in [0.25, 0.3) is 0 Å². The van der Waals surface area contributed by atoms with Gasteiger partial charge in [-0.3, -0.25) is 4.68 Å². The Hall–Kier alpha value is -1.29. The van der Waals surface area contributed by atoms with E-state index in [9.17, 15) is 0 Å². The molecule has 16 heavy (non-hydrogen) atoms. The molecule has 0 radical (unpaired) electrons. The Morgan fingerprint density at radius 3 is 2.94 bits per heavy atom. The highest BCUT2D eigenvalue weighted by Crippen LogP contribution is 2.15. The predicted octanol–water partition coefficient (Wildman–Crippen LogP) is 3.07. The largest absolute Gasteiger partial charge is 0.383 e. The third-order valence-electron chi connectivity index (χ3n) is 2.41. The number of nitrogens with one attached hydrogen (secondary N) is 1. The van der Waals surface area contributed by atoms with Crippen molar-refractivity contribution in [1.82, 2.24) is 9.78 Å². The van der Waals surface area contributed by atoms with Gasteiger partial charge in [0.05, 0.1) is 6.54 Å². The Kier molecular flexibility index (Phi) is 3.62. The van der Waals surface area contributed by atoms with Crippen LogP contribution in [0.2, 0.25) is 0 Å². The third kappa shape index (κ3) is 2.85. The Balaban J connectivity index is 1.87. The molecule has 2 rings (SSSR count). The van der Waals surface area contributed by atoms with E-state index in [2.05, 4.69) is 45.4 Å². The van der Waals surface area contributed by atoms with Gasteiger partial charge in [0.15, 0.2) is 0 Å². The van der Waals surface area contributed by atoms with Gasteiger partial charge in [-0.15, -0.1) is 0 Å². The maximum Gasteiger partial charge on any atom is 0.0585 e. The first kappa shape index (κ1) is 11.2. The number of aryl methyl sites for hydroxylation is 1. The average Bonchev–Trinajstić information content (AvgIpc) is 2.65. The molecule has 0 aliphatic carbocycles. The number of rotatable bonds is 4. The van der Waals surface area contributed by atoms with Crippen LogP contribution in [0.1, 0.15) is 5.69 Å². The van der Waals surface area contributed by atoms with E-state index in [4.69, 9.17) is 0 Å². The highest BCUT2D eigenvalue weighted by atomic mass is 79.9. The molecule has 0 spiro atoms. The van der Waals surface area contributed by atoms with Crippen molar-refractivity contribution < 1.29 is 0 Å². The highest BCUT2D eigenvalue weighted by molar-refractivity contribution is 9.10. The Morgan fingerprint density at radius 1 is 1.38 bits per heavy atom. The van der Waals surface area contributed by atoms with Crippen molar-refractivity contribution >= 4 is 21.6 Å². The molecule has 0 aliphatic heterocycles. The first-order valence-corrected chi connectivity index (χ1v) is 6.03. The molecule has 84 valence electrons. The van der Waals surface area contributed by atoms with Crippen molar-refractivity contribution in [1.29, 1.82) is 0 Å². The van der Waals surface area contributed by atoms with Crippen LogP contribution in [0, 0.1) is 6.92 Å². The molecule has 0 bridgehead atoms. The fraction of sp³-hybridized carbons (Fsp3) is 0.250. The van der Waals surface area contributed by atoms with Crippen LogP contribution in [0.15, 0.2) is 41.0 Å². The monoisotopic (exact) mass is 279 g/mol. The molecule has 1 aromatic heterocycles. The molecule has 0 aliphatic rings. The van der Waals surface area contributed by atoms with Gasteiger partial charge in [0.1, 0.15) is 0 Å². The molecule has 3 nitrogen and oxygen atoms in total. The molecule has 0 atom stereocenters. The number of anilines is 1. The molecular weight excluding hydrogens is 266 g/mol. The van der Waals surface area contributed by atoms with Gasteiger partial charge in [0.2, 0.25) is 0 Å². The molecule has 0 saturated heterocycles. The van der Waals surface area contributed by atoms with Gasteiger partial charge in [0.25, 0.3) is 0 Å². The van der Waals surface area contributed by atoms with Crippen LogP contribution in [0.4, 0.5) is 5.69 Å². The summed E-state index contributed by atoms with van der Waals surface area (Å²) in [6, 6.07) is 10.2. The summed E-state index contributed by atoms with van der Waals surface area (Å²) in [7, 11) is 0. The molecule has 1 aromatic carbocycles. The van der Waals surface area contributed by atoms with E-state index >= 15 is 0 Å². The zero-order chi connectivity index (χ0) is 11.4. The first-order valence-electron chi connectivity index (χ1n) is 5.23. The molecule has 2 aromatic rings. The van der Waals surface area contributed by atoms with E-state index in [-0.39, 0.29) is 0 Å². The van der Waals surface area contributed by atoms with Gasteiger partial charge in [-0.2, -0.15) is 5.10 Å². The van der Waals surface area contributed by atoms with Crippen molar-refractivity contribution in [2.24, 2.45) is 0 Å². The lowest BCUT2D eigenvalue weighted by molar-refractivity contribution is 0.620. The molecular formula is C12H14BrN3. The van der Waals surface area contributed by atoms with Gasteiger partial charge in [-0.25, -0.2) is 0 Å². The summed E-state index contributed by atoms with van der Waals surface area (Å²) in [4.78, 5) is 0. The number of halogens is 1. The van der Waals surface area contributed by atoms with Crippen LogP contribution < -0.4 is 5.32 Å². The number of aromatic nitrogens is 2. The van der Waals surface area contributed by atoms with Crippen molar-refractivity contribution in [3.63, 3.8) is 0 Å². The van der Waals surface area contributed by atoms with E-state index in [0.717, 1.165) is 23.2 Å². The fourth-order valence-corrected chi connectivity index (χ4v) is 1.94. The molecule has 1 N–H and O–H groups in total. The van der Waals surface area contributed by atoms with Crippen molar-refractivity contribution in [3.8, 4) is 0 Å². The minimum absolute atomic E-state index is 0.874. The minimum Gasteiger partial charge on any atom is -0.383 e. The van der Waals surface area contributed by atoms with Gasteiger partial charge in [0, 0.05) is 28.6 Å². The molecule has 0 fully saturated rings. The van der Waals surface area contributed by atoms with Gasteiger partial charge in [-0.1, -0.05) is 22.0 Å². The highest BCUT2D eigenvalue weighted by Gasteiger charge is 1.96. The molecule has 0 unspecified atom stereocenters. The van der Waals surface area contributed by atoms with Crippen molar-refractivity contribution in [3.05, 3.63) is 46.7 Å². The van der Waals surface area contributed by atoms with Gasteiger partial charge >= 0.3 is 0 Å². The lowest BCUT2D eigenvalue weighted by atomic mass is 10.3. The number of nitrogens with zero attached hydrogens (tertiary/aromatic N) is 2. The zero-order valence-electron chi connectivity index (χ0n) is 9.15. The normalized spacial score (nSPS) is 10.4. The second-order valence-corrected chi connectivity index (χ2v) is 4.55. The summed E-state index contributed by atoms with van der Waals surface area (Å²) in [5.74, 6) is 0. The van der Waals surface area contributed by atoms with E-state index in [0.29, 0.717) is 0 Å². The summed E-state index contributed by atoms with van der Waals surface area (Å²) in [5.41, 5.74) is 2.32. The summed E-state index contributed by atoms with van der Waals surface area (Å²) in [6.07, 6.45) is 1.83. The third-order valence-corrected chi connectivity index (χ3v) is 2.90. The standard InChI is InChI=1S/C12H14BrN3/c1-10-5-6-15-16(10)8-7-14-12-4-2-3-11(13)9-12/h2-6,9,14H,7-8H2,1H3. The zero-order valence-corrected chi connectivity index (χ0v) is 10.7. The van der Waals surface area contributed by atoms with Crippen LogP contribution in [0.3, 0.4) is 0 Å². The van der Waals surface area contributed by atoms with E-state index in [1.54, 1.807) is 0 Å². The van der Waals surface area contributed by atoms with E-state index in [1.165, 1.54) is 5.69 Å². The maximum absolute atomic E-state index is 4.23. The number of benzene rings is 1. The van der Waals surface area contributed by atoms with Crippen molar-refractivity contribution in [2.45, 2.75) is 13.5 Å². The van der Waals surface area contributed by atoms with Crippen LogP contribution in [-0.2, 0) is 6.54 Å². The maximum atomic E-state index is 4.23.